The van der Waals surface area contributed by atoms with Crippen molar-refractivity contribution in [2.24, 2.45) is 10.8 Å². The molecule has 1 rings (SSSR count). The molecule has 3 N–H and O–H groups in total. The summed E-state index contributed by atoms with van der Waals surface area (Å²) < 4.78 is 15.6. The van der Waals surface area contributed by atoms with Crippen molar-refractivity contribution in [3.8, 4) is 0 Å². The molecular formula is C24H42N2O7. The number of rotatable bonds is 10. The highest BCUT2D eigenvalue weighted by atomic mass is 16.6. The van der Waals surface area contributed by atoms with Gasteiger partial charge < -0.3 is 30.0 Å². The molecule has 1 aliphatic carbocycles. The third-order valence-electron chi connectivity index (χ3n) is 5.52. The normalized spacial score (nSPS) is 24.1. The number of aliphatic hydroxyl groups excluding tert-OH is 1. The largest absolute Gasteiger partial charge is 0.459 e. The van der Waals surface area contributed by atoms with Crippen LogP contribution in [-0.4, -0.2) is 60.3 Å². The zero-order valence-electron chi connectivity index (χ0n) is 21.2. The van der Waals surface area contributed by atoms with Gasteiger partial charge >= 0.3 is 18.2 Å². The Balaban J connectivity index is 2.63. The van der Waals surface area contributed by atoms with Gasteiger partial charge in [0.1, 0.15) is 18.3 Å². The maximum atomic E-state index is 12.5. The lowest BCUT2D eigenvalue weighted by molar-refractivity contribution is -0.140. The lowest BCUT2D eigenvalue weighted by atomic mass is 9.62. The van der Waals surface area contributed by atoms with Crippen molar-refractivity contribution < 1.29 is 33.7 Å². The lowest BCUT2D eigenvalue weighted by Gasteiger charge is -2.46. The number of aliphatic hydroxyl groups is 1. The summed E-state index contributed by atoms with van der Waals surface area (Å²) in [4.78, 5) is 35.8. The van der Waals surface area contributed by atoms with E-state index in [9.17, 15) is 19.5 Å². The van der Waals surface area contributed by atoms with Crippen LogP contribution in [0.25, 0.3) is 0 Å². The summed E-state index contributed by atoms with van der Waals surface area (Å²) in [7, 11) is 0. The van der Waals surface area contributed by atoms with E-state index >= 15 is 0 Å². The summed E-state index contributed by atoms with van der Waals surface area (Å²) in [6, 6.07) is -0.122. The van der Waals surface area contributed by atoms with E-state index < -0.39 is 36.0 Å². The first-order chi connectivity index (χ1) is 15.0. The third kappa shape index (κ3) is 11.4. The molecule has 1 saturated carbocycles. The van der Waals surface area contributed by atoms with Crippen molar-refractivity contribution in [1.82, 2.24) is 10.6 Å². The van der Waals surface area contributed by atoms with E-state index in [1.165, 1.54) is 0 Å². The number of carbonyl (C=O) groups is 3. The van der Waals surface area contributed by atoms with E-state index in [2.05, 4.69) is 38.0 Å². The van der Waals surface area contributed by atoms with Crippen molar-refractivity contribution in [2.45, 2.75) is 98.0 Å². The number of ether oxygens (including phenoxy) is 3. The van der Waals surface area contributed by atoms with Gasteiger partial charge in [0.15, 0.2) is 0 Å². The summed E-state index contributed by atoms with van der Waals surface area (Å²) in [5, 5.41) is 15.4. The smallest absolute Gasteiger partial charge is 0.407 e. The second-order valence-electron chi connectivity index (χ2n) is 11.0. The van der Waals surface area contributed by atoms with Crippen LogP contribution in [0.1, 0.15) is 74.1 Å². The number of hydrogen-bond acceptors (Lipinski definition) is 7. The van der Waals surface area contributed by atoms with Gasteiger partial charge in [0.2, 0.25) is 0 Å². The molecule has 0 aromatic rings. The van der Waals surface area contributed by atoms with E-state index in [1.54, 1.807) is 27.7 Å². The summed E-state index contributed by atoms with van der Waals surface area (Å²) in [6.45, 7) is 16.8. The zero-order chi connectivity index (χ0) is 25.4. The van der Waals surface area contributed by atoms with Crippen molar-refractivity contribution in [3.05, 3.63) is 12.7 Å². The molecule has 0 saturated heterocycles. The maximum Gasteiger partial charge on any atom is 0.407 e. The van der Waals surface area contributed by atoms with Crippen LogP contribution in [0.3, 0.4) is 0 Å². The Morgan fingerprint density at radius 2 is 1.82 bits per heavy atom. The average molecular weight is 471 g/mol. The lowest BCUT2D eigenvalue weighted by Crippen LogP contribution is -2.51. The van der Waals surface area contributed by atoms with E-state index in [4.69, 9.17) is 14.2 Å². The molecular weight excluding hydrogens is 428 g/mol. The SMILES string of the molecule is C=CC(=O)OCC(C)OC(=O)NCC1(C)CC(NC(=O)OC(C)(C)CC(C)O)CC(C)(C)C1. The van der Waals surface area contributed by atoms with Crippen LogP contribution in [0.2, 0.25) is 0 Å². The highest BCUT2D eigenvalue weighted by molar-refractivity contribution is 5.81. The first-order valence-corrected chi connectivity index (χ1v) is 11.5. The molecule has 0 bridgehead atoms. The van der Waals surface area contributed by atoms with Crippen LogP contribution >= 0.6 is 0 Å². The van der Waals surface area contributed by atoms with E-state index in [-0.39, 0.29) is 23.5 Å². The van der Waals surface area contributed by atoms with Crippen molar-refractivity contribution in [3.63, 3.8) is 0 Å². The Kier molecular flexibility index (Phi) is 10.2. The molecule has 33 heavy (non-hydrogen) atoms. The van der Waals surface area contributed by atoms with Gasteiger partial charge in [-0.15, -0.1) is 0 Å². The van der Waals surface area contributed by atoms with Crippen molar-refractivity contribution >= 4 is 18.2 Å². The second kappa shape index (κ2) is 11.7. The van der Waals surface area contributed by atoms with Crippen molar-refractivity contribution in [1.29, 1.82) is 0 Å². The number of amides is 2. The molecule has 9 heteroatoms. The van der Waals surface area contributed by atoms with E-state index in [1.807, 2.05) is 0 Å². The molecule has 4 unspecified atom stereocenters. The Bertz CT molecular complexity index is 705. The van der Waals surface area contributed by atoms with Crippen molar-refractivity contribution in [2.75, 3.05) is 13.2 Å². The zero-order valence-corrected chi connectivity index (χ0v) is 21.2. The van der Waals surface area contributed by atoms with E-state index in [0.717, 1.165) is 18.9 Å². The monoisotopic (exact) mass is 470 g/mol. The average Bonchev–Trinajstić information content (AvgIpc) is 2.61. The standard InChI is InChI=1S/C24H42N2O7/c1-9-19(28)31-13-17(3)32-20(29)25-15-24(8)12-18(11-22(4,5)14-24)26-21(30)33-23(6,7)10-16(2)27/h9,16-18,27H,1,10-15H2,2-8H3,(H,25,29)(H,26,30). The topological polar surface area (TPSA) is 123 Å². The fourth-order valence-corrected chi connectivity index (χ4v) is 4.87. The minimum atomic E-state index is -0.784. The van der Waals surface area contributed by atoms with Gasteiger partial charge in [0.25, 0.3) is 0 Å². The molecule has 190 valence electrons. The summed E-state index contributed by atoms with van der Waals surface area (Å²) in [5.74, 6) is -0.575. The van der Waals surface area contributed by atoms with E-state index in [0.29, 0.717) is 19.4 Å². The predicted octanol–water partition coefficient (Wildman–Crippen LogP) is 3.69. The Hall–Kier alpha value is -2.29. The quantitative estimate of drug-likeness (QED) is 0.253. The first-order valence-electron chi connectivity index (χ1n) is 11.5. The molecule has 0 aliphatic heterocycles. The summed E-state index contributed by atoms with van der Waals surface area (Å²) >= 11 is 0. The maximum absolute atomic E-state index is 12.5. The number of esters is 1. The molecule has 1 aliphatic rings. The molecule has 0 aromatic heterocycles. The van der Waals surface area contributed by atoms with Crippen LogP contribution < -0.4 is 10.6 Å². The van der Waals surface area contributed by atoms with Gasteiger partial charge in [-0.1, -0.05) is 27.4 Å². The third-order valence-corrected chi connectivity index (χ3v) is 5.52. The first kappa shape index (κ1) is 28.7. The molecule has 4 atom stereocenters. The second-order valence-corrected chi connectivity index (χ2v) is 11.0. The molecule has 1 fully saturated rings. The molecule has 0 aromatic carbocycles. The number of hydrogen-bond donors (Lipinski definition) is 3. The van der Waals surface area contributed by atoms with Gasteiger partial charge in [0, 0.05) is 25.1 Å². The molecule has 0 radical (unpaired) electrons. The molecule has 2 amide bonds. The minimum absolute atomic E-state index is 0.0535. The van der Waals surface area contributed by atoms with Gasteiger partial charge in [-0.25, -0.2) is 14.4 Å². The Morgan fingerprint density at radius 1 is 1.18 bits per heavy atom. The van der Waals surface area contributed by atoms with Crippen LogP contribution in [-0.2, 0) is 19.0 Å². The van der Waals surface area contributed by atoms with Gasteiger partial charge in [-0.05, 0) is 57.8 Å². The van der Waals surface area contributed by atoms with Gasteiger partial charge in [-0.2, -0.15) is 0 Å². The predicted molar refractivity (Wildman–Crippen MR) is 125 cm³/mol. The minimum Gasteiger partial charge on any atom is -0.459 e. The van der Waals surface area contributed by atoms with Crippen LogP contribution in [0.5, 0.6) is 0 Å². The van der Waals surface area contributed by atoms with Gasteiger partial charge in [0.05, 0.1) is 6.10 Å². The molecule has 9 nitrogen and oxygen atoms in total. The Labute approximate surface area is 197 Å². The number of carbonyl (C=O) groups excluding carboxylic acids is 3. The summed E-state index contributed by atoms with van der Waals surface area (Å²) in [6.07, 6.45) is 1.41. The summed E-state index contributed by atoms with van der Waals surface area (Å²) in [5.41, 5.74) is -1.11. The fraction of sp³-hybridized carbons (Fsp3) is 0.792. The van der Waals surface area contributed by atoms with Gasteiger partial charge in [-0.3, -0.25) is 0 Å². The van der Waals surface area contributed by atoms with Crippen LogP contribution in [0, 0.1) is 10.8 Å². The Morgan fingerprint density at radius 3 is 2.39 bits per heavy atom. The highest BCUT2D eigenvalue weighted by Gasteiger charge is 2.42. The van der Waals surface area contributed by atoms with Crippen LogP contribution in [0.15, 0.2) is 12.7 Å². The highest BCUT2D eigenvalue weighted by Crippen LogP contribution is 2.45. The van der Waals surface area contributed by atoms with Crippen LogP contribution in [0.4, 0.5) is 9.59 Å². The fourth-order valence-electron chi connectivity index (χ4n) is 4.87. The number of alkyl carbamates (subject to hydrolysis) is 2. The molecule has 0 heterocycles. The number of nitrogens with one attached hydrogen (secondary N) is 2. The molecule has 0 spiro atoms.